The zero-order valence-corrected chi connectivity index (χ0v) is 6.12. The number of nitrogens with zero attached hydrogens (tertiary/aromatic N) is 1. The van der Waals surface area contributed by atoms with Crippen LogP contribution in [0.2, 0.25) is 0 Å². The van der Waals surface area contributed by atoms with E-state index in [4.69, 9.17) is 0 Å². The largest absolute Gasteiger partial charge is 0.260 e. The minimum atomic E-state index is -1.32. The van der Waals surface area contributed by atoms with E-state index in [-0.39, 0.29) is 0 Å². The Kier molecular flexibility index (Phi) is 1.34. The molecule has 0 radical (unpaired) electrons. The first-order chi connectivity index (χ1) is 4.41. The van der Waals surface area contributed by atoms with Crippen molar-refractivity contribution in [1.29, 1.82) is 0 Å². The molecule has 2 aliphatic rings. The van der Waals surface area contributed by atoms with Crippen LogP contribution in [0, 0.1) is 0 Å². The quantitative estimate of drug-likeness (QED) is 0.412. The molecule has 9 heavy (non-hydrogen) atoms. The third kappa shape index (κ3) is 0.923. The highest BCUT2D eigenvalue weighted by atomic mass is 31.2. The Bertz CT molecular complexity index is 156. The van der Waals surface area contributed by atoms with Crippen LogP contribution < -0.4 is 15.3 Å². The molecular weight excluding hydrogens is 135 g/mol. The van der Waals surface area contributed by atoms with Crippen molar-refractivity contribution in [3.8, 4) is 0 Å². The molecule has 2 heterocycles. The van der Waals surface area contributed by atoms with Crippen molar-refractivity contribution >= 4 is 7.51 Å². The van der Waals surface area contributed by atoms with Gasteiger partial charge in [0.25, 0.3) is 0 Å². The monoisotopic (exact) mass is 146 g/mol. The van der Waals surface area contributed by atoms with Crippen LogP contribution in [0.15, 0.2) is 4.74 Å². The Labute approximate surface area is 54.6 Å². The van der Waals surface area contributed by atoms with E-state index < -0.39 is 7.51 Å². The summed E-state index contributed by atoms with van der Waals surface area (Å²) in [5.74, 6) is 0. The van der Waals surface area contributed by atoms with Gasteiger partial charge in [0.1, 0.15) is 0 Å². The summed E-state index contributed by atoms with van der Waals surface area (Å²) in [5, 5.41) is 10.1. The average molecular weight is 146 g/mol. The Morgan fingerprint density at radius 1 is 1.00 bits per heavy atom. The lowest BCUT2D eigenvalue weighted by molar-refractivity contribution is 0.942. The lowest BCUT2D eigenvalue weighted by Gasteiger charge is -2.12. The first kappa shape index (κ1) is 5.86. The van der Waals surface area contributed by atoms with Crippen LogP contribution in [-0.4, -0.2) is 26.2 Å². The van der Waals surface area contributed by atoms with Crippen LogP contribution in [0.3, 0.4) is 0 Å². The molecule has 0 aromatic heterocycles. The third-order valence-corrected chi connectivity index (χ3v) is 4.24. The van der Waals surface area contributed by atoms with Gasteiger partial charge in [-0.3, -0.25) is 20.0 Å². The summed E-state index contributed by atoms with van der Waals surface area (Å²) in [7, 11) is -1.32. The normalized spacial score (nSPS) is 31.1. The highest BCUT2D eigenvalue weighted by Crippen LogP contribution is 2.39. The van der Waals surface area contributed by atoms with Crippen molar-refractivity contribution in [3.63, 3.8) is 0 Å². The molecule has 2 aliphatic heterocycles. The molecule has 1 fully saturated rings. The van der Waals surface area contributed by atoms with Crippen LogP contribution >= 0.6 is 7.51 Å². The molecule has 5 heteroatoms. The van der Waals surface area contributed by atoms with Gasteiger partial charge < -0.3 is 0 Å². The van der Waals surface area contributed by atoms with Crippen molar-refractivity contribution in [2.24, 2.45) is 4.74 Å². The van der Waals surface area contributed by atoms with Gasteiger partial charge in [0.2, 0.25) is 0 Å². The molecule has 0 bridgehead atoms. The van der Waals surface area contributed by atoms with E-state index in [2.05, 4.69) is 20.0 Å². The zero-order chi connectivity index (χ0) is 6.16. The molecule has 0 unspecified atom stereocenters. The smallest absolute Gasteiger partial charge is 0.160 e. The summed E-state index contributed by atoms with van der Waals surface area (Å²) in [6, 6.07) is 0. The van der Waals surface area contributed by atoms with Crippen molar-refractivity contribution in [2.45, 2.75) is 0 Å². The molecule has 3 N–H and O–H groups in total. The summed E-state index contributed by atoms with van der Waals surface area (Å²) in [5.41, 5.74) is 0. The molecule has 0 amide bonds. The highest BCUT2D eigenvalue weighted by molar-refractivity contribution is 7.60. The van der Waals surface area contributed by atoms with Crippen molar-refractivity contribution in [1.82, 2.24) is 15.3 Å². The maximum Gasteiger partial charge on any atom is 0.160 e. The van der Waals surface area contributed by atoms with Gasteiger partial charge in [-0.15, -0.1) is 0 Å². The number of nitrogens with one attached hydrogen (secondary N) is 3. The Morgan fingerprint density at radius 2 is 1.67 bits per heavy atom. The zero-order valence-electron chi connectivity index (χ0n) is 5.22. The molecule has 4 nitrogen and oxygen atoms in total. The van der Waals surface area contributed by atoms with Gasteiger partial charge in [-0.05, 0) is 0 Å². The molecule has 0 aromatic rings. The molecule has 0 aliphatic carbocycles. The summed E-state index contributed by atoms with van der Waals surface area (Å²) in [6.07, 6.45) is 0. The van der Waals surface area contributed by atoms with Crippen molar-refractivity contribution in [3.05, 3.63) is 0 Å². The number of rotatable bonds is 0. The predicted octanol–water partition coefficient (Wildman–Crippen LogP) is -0.271. The van der Waals surface area contributed by atoms with E-state index in [1.54, 1.807) is 0 Å². The summed E-state index contributed by atoms with van der Waals surface area (Å²) in [6.45, 7) is 4.12. The molecule has 1 saturated heterocycles. The lowest BCUT2D eigenvalue weighted by Crippen LogP contribution is -2.19. The molecular formula is C4H11N4P. The second-order valence-corrected chi connectivity index (χ2v) is 4.73. The van der Waals surface area contributed by atoms with Gasteiger partial charge in [0, 0.05) is 19.6 Å². The minimum Gasteiger partial charge on any atom is -0.260 e. The van der Waals surface area contributed by atoms with E-state index in [1.807, 2.05) is 0 Å². The SMILES string of the molecule is C1CNP2(=N1)NCCN2. The fourth-order valence-corrected chi connectivity index (χ4v) is 3.49. The van der Waals surface area contributed by atoms with Crippen LogP contribution in [0.25, 0.3) is 0 Å². The van der Waals surface area contributed by atoms with Crippen LogP contribution in [-0.2, 0) is 0 Å². The molecule has 1 spiro atoms. The van der Waals surface area contributed by atoms with E-state index in [9.17, 15) is 0 Å². The lowest BCUT2D eigenvalue weighted by atomic mass is 10.7. The van der Waals surface area contributed by atoms with Gasteiger partial charge in [0.05, 0.1) is 6.54 Å². The van der Waals surface area contributed by atoms with Gasteiger partial charge in [-0.1, -0.05) is 0 Å². The van der Waals surface area contributed by atoms with Crippen molar-refractivity contribution < 1.29 is 0 Å². The van der Waals surface area contributed by atoms with Crippen LogP contribution in [0.1, 0.15) is 0 Å². The van der Waals surface area contributed by atoms with E-state index in [0.717, 1.165) is 26.2 Å². The first-order valence-electron chi connectivity index (χ1n) is 3.25. The van der Waals surface area contributed by atoms with E-state index >= 15 is 0 Å². The maximum absolute atomic E-state index is 4.44. The molecule has 2 rings (SSSR count). The third-order valence-electron chi connectivity index (χ3n) is 1.57. The average Bonchev–Trinajstić information content (AvgIpc) is 2.45. The highest BCUT2D eigenvalue weighted by Gasteiger charge is 2.25. The molecule has 0 atom stereocenters. The Balaban J connectivity index is 2.21. The fourth-order valence-electron chi connectivity index (χ4n) is 1.16. The van der Waals surface area contributed by atoms with E-state index in [1.165, 1.54) is 0 Å². The Hall–Kier alpha value is 0.110. The van der Waals surface area contributed by atoms with Gasteiger partial charge in [0.15, 0.2) is 7.51 Å². The van der Waals surface area contributed by atoms with Gasteiger partial charge in [-0.25, -0.2) is 0 Å². The molecule has 52 valence electrons. The van der Waals surface area contributed by atoms with Crippen LogP contribution in [0.4, 0.5) is 0 Å². The second-order valence-electron chi connectivity index (χ2n) is 2.22. The van der Waals surface area contributed by atoms with Crippen LogP contribution in [0.5, 0.6) is 0 Å². The molecule has 0 saturated carbocycles. The second kappa shape index (κ2) is 2.06. The number of hydrogen-bond acceptors (Lipinski definition) is 4. The fraction of sp³-hybridized carbons (Fsp3) is 1.00. The summed E-state index contributed by atoms with van der Waals surface area (Å²) >= 11 is 0. The Morgan fingerprint density at radius 3 is 2.22 bits per heavy atom. The predicted molar refractivity (Wildman–Crippen MR) is 38.2 cm³/mol. The topological polar surface area (TPSA) is 48.5 Å². The van der Waals surface area contributed by atoms with E-state index in [0.29, 0.717) is 0 Å². The van der Waals surface area contributed by atoms with Gasteiger partial charge >= 0.3 is 0 Å². The standard InChI is InChI=1S/C4H11N4P/c1-2-6-9(5-1)7-3-4-8-9/h5-7H,1-4H2. The summed E-state index contributed by atoms with van der Waals surface area (Å²) < 4.78 is 4.44. The maximum atomic E-state index is 4.44. The summed E-state index contributed by atoms with van der Waals surface area (Å²) in [4.78, 5) is 0. The van der Waals surface area contributed by atoms with Gasteiger partial charge in [-0.2, -0.15) is 0 Å². The number of hydrogen-bond donors (Lipinski definition) is 3. The first-order valence-corrected chi connectivity index (χ1v) is 4.99. The van der Waals surface area contributed by atoms with Crippen molar-refractivity contribution in [2.75, 3.05) is 26.2 Å². The minimum absolute atomic E-state index is 0.966. The molecule has 0 aromatic carbocycles.